The highest BCUT2D eigenvalue weighted by Crippen LogP contribution is 2.19. The second kappa shape index (κ2) is 6.41. The van der Waals surface area contributed by atoms with Crippen molar-refractivity contribution in [3.05, 3.63) is 23.9 Å². The maximum atomic E-state index is 12.3. The molecule has 0 aromatic carbocycles. The minimum absolute atomic E-state index is 0.416. The molecule has 1 aliphatic heterocycles. The second-order valence-corrected chi connectivity index (χ2v) is 4.93. The summed E-state index contributed by atoms with van der Waals surface area (Å²) in [5.41, 5.74) is 1.09. The van der Waals surface area contributed by atoms with E-state index in [1.807, 2.05) is 24.1 Å². The maximum absolute atomic E-state index is 12.3. The molecule has 1 aliphatic rings. The highest BCUT2D eigenvalue weighted by molar-refractivity contribution is 5.39. The van der Waals surface area contributed by atoms with Crippen LogP contribution in [0.15, 0.2) is 18.3 Å². The van der Waals surface area contributed by atoms with Crippen LogP contribution in [0.4, 0.5) is 19.0 Å². The van der Waals surface area contributed by atoms with Gasteiger partial charge >= 0.3 is 6.18 Å². The standard InChI is InChI=1S/C13H19F3N4/c1-17-8-11-2-3-12(18-9-11)20-6-4-19(5-7-20)10-13(14,15)16/h2-3,9,17H,4-8,10H2,1H3. The average Bonchev–Trinajstić information content (AvgIpc) is 2.39. The van der Waals surface area contributed by atoms with Gasteiger partial charge in [0.15, 0.2) is 0 Å². The summed E-state index contributed by atoms with van der Waals surface area (Å²) in [6.45, 7) is 1.92. The number of halogens is 3. The molecule has 0 spiro atoms. The number of hydrogen-bond acceptors (Lipinski definition) is 4. The Kier molecular flexibility index (Phi) is 4.82. The molecule has 0 unspecified atom stereocenters. The summed E-state index contributed by atoms with van der Waals surface area (Å²) in [6.07, 6.45) is -2.32. The Morgan fingerprint density at radius 1 is 1.20 bits per heavy atom. The Hall–Kier alpha value is -1.34. The van der Waals surface area contributed by atoms with E-state index in [0.29, 0.717) is 26.2 Å². The van der Waals surface area contributed by atoms with Crippen LogP contribution in [0.1, 0.15) is 5.56 Å². The Morgan fingerprint density at radius 2 is 1.90 bits per heavy atom. The molecule has 2 heterocycles. The summed E-state index contributed by atoms with van der Waals surface area (Å²) in [4.78, 5) is 7.83. The summed E-state index contributed by atoms with van der Waals surface area (Å²) < 4.78 is 36.9. The molecule has 7 heteroatoms. The minimum atomic E-state index is -4.12. The zero-order chi connectivity index (χ0) is 14.6. The van der Waals surface area contributed by atoms with Crippen molar-refractivity contribution in [2.24, 2.45) is 0 Å². The van der Waals surface area contributed by atoms with Crippen molar-refractivity contribution in [3.63, 3.8) is 0 Å². The fourth-order valence-corrected chi connectivity index (χ4v) is 2.30. The average molecular weight is 288 g/mol. The van der Waals surface area contributed by atoms with Gasteiger partial charge in [-0.1, -0.05) is 6.07 Å². The fraction of sp³-hybridized carbons (Fsp3) is 0.615. The third-order valence-electron chi connectivity index (χ3n) is 3.29. The Morgan fingerprint density at radius 3 is 2.40 bits per heavy atom. The van der Waals surface area contributed by atoms with Crippen LogP contribution in [0.5, 0.6) is 0 Å². The fourth-order valence-electron chi connectivity index (χ4n) is 2.30. The number of rotatable bonds is 4. The molecular formula is C13H19F3N4. The third-order valence-corrected chi connectivity index (χ3v) is 3.29. The van der Waals surface area contributed by atoms with Crippen LogP contribution in [-0.2, 0) is 6.54 Å². The van der Waals surface area contributed by atoms with Crippen LogP contribution in [0.2, 0.25) is 0 Å². The van der Waals surface area contributed by atoms with Crippen molar-refractivity contribution in [1.82, 2.24) is 15.2 Å². The van der Waals surface area contributed by atoms with Crippen LogP contribution in [0, 0.1) is 0 Å². The topological polar surface area (TPSA) is 31.4 Å². The molecule has 0 atom stereocenters. The lowest BCUT2D eigenvalue weighted by Crippen LogP contribution is -2.49. The summed E-state index contributed by atoms with van der Waals surface area (Å²) >= 11 is 0. The summed E-state index contributed by atoms with van der Waals surface area (Å²) in [6, 6.07) is 3.91. The van der Waals surface area contributed by atoms with Gasteiger partial charge in [0, 0.05) is 38.9 Å². The Balaban J connectivity index is 1.87. The first-order valence-electron chi connectivity index (χ1n) is 6.61. The molecule has 4 nitrogen and oxygen atoms in total. The molecule has 0 aliphatic carbocycles. The molecule has 1 aromatic rings. The summed E-state index contributed by atoms with van der Waals surface area (Å²) in [5.74, 6) is 0.830. The summed E-state index contributed by atoms with van der Waals surface area (Å²) in [5, 5.41) is 3.04. The number of pyridine rings is 1. The molecule has 0 saturated carbocycles. The molecule has 112 valence electrons. The molecule has 1 aromatic heterocycles. The van der Waals surface area contributed by atoms with Crippen LogP contribution in [-0.4, -0.2) is 55.8 Å². The lowest BCUT2D eigenvalue weighted by molar-refractivity contribution is -0.146. The number of anilines is 1. The van der Waals surface area contributed by atoms with Gasteiger partial charge in [0.05, 0.1) is 6.54 Å². The first kappa shape index (κ1) is 15.1. The van der Waals surface area contributed by atoms with Crippen molar-refractivity contribution in [1.29, 1.82) is 0 Å². The molecule has 20 heavy (non-hydrogen) atoms. The molecule has 0 bridgehead atoms. The van der Waals surface area contributed by atoms with Gasteiger partial charge in [0.1, 0.15) is 5.82 Å². The van der Waals surface area contributed by atoms with Gasteiger partial charge in [-0.25, -0.2) is 4.98 Å². The quantitative estimate of drug-likeness (QED) is 0.909. The second-order valence-electron chi connectivity index (χ2n) is 4.93. The maximum Gasteiger partial charge on any atom is 0.401 e. The first-order chi connectivity index (χ1) is 9.48. The SMILES string of the molecule is CNCc1ccc(N2CCN(CC(F)(F)F)CC2)nc1. The lowest BCUT2D eigenvalue weighted by atomic mass is 10.2. The van der Waals surface area contributed by atoms with Crippen LogP contribution >= 0.6 is 0 Å². The number of hydrogen-bond donors (Lipinski definition) is 1. The van der Waals surface area contributed by atoms with E-state index in [1.54, 1.807) is 6.20 Å². The number of piperazine rings is 1. The van der Waals surface area contributed by atoms with Gasteiger partial charge in [-0.3, -0.25) is 4.90 Å². The Labute approximate surface area is 116 Å². The lowest BCUT2D eigenvalue weighted by Gasteiger charge is -2.35. The van der Waals surface area contributed by atoms with E-state index in [0.717, 1.165) is 17.9 Å². The molecular weight excluding hydrogens is 269 g/mol. The van der Waals surface area contributed by atoms with E-state index in [2.05, 4.69) is 10.3 Å². The monoisotopic (exact) mass is 288 g/mol. The molecule has 1 N–H and O–H groups in total. The zero-order valence-corrected chi connectivity index (χ0v) is 11.5. The van der Waals surface area contributed by atoms with E-state index in [4.69, 9.17) is 0 Å². The highest BCUT2D eigenvalue weighted by Gasteiger charge is 2.32. The van der Waals surface area contributed by atoms with Crippen molar-refractivity contribution in [3.8, 4) is 0 Å². The van der Waals surface area contributed by atoms with Crippen molar-refractivity contribution < 1.29 is 13.2 Å². The van der Waals surface area contributed by atoms with Gasteiger partial charge in [-0.05, 0) is 18.7 Å². The molecule has 2 rings (SSSR count). The van der Waals surface area contributed by atoms with Gasteiger partial charge in [0.25, 0.3) is 0 Å². The number of alkyl halides is 3. The van der Waals surface area contributed by atoms with E-state index in [-0.39, 0.29) is 0 Å². The van der Waals surface area contributed by atoms with E-state index in [9.17, 15) is 13.2 Å². The number of nitrogens with zero attached hydrogens (tertiary/aromatic N) is 3. The first-order valence-corrected chi connectivity index (χ1v) is 6.61. The number of aromatic nitrogens is 1. The van der Waals surface area contributed by atoms with Gasteiger partial charge in [0.2, 0.25) is 0 Å². The van der Waals surface area contributed by atoms with Gasteiger partial charge in [-0.2, -0.15) is 13.2 Å². The zero-order valence-electron chi connectivity index (χ0n) is 11.5. The Bertz CT molecular complexity index is 411. The third kappa shape index (κ3) is 4.35. The molecule has 1 fully saturated rings. The predicted octanol–water partition coefficient (Wildman–Crippen LogP) is 1.49. The largest absolute Gasteiger partial charge is 0.401 e. The smallest absolute Gasteiger partial charge is 0.354 e. The molecule has 0 amide bonds. The summed E-state index contributed by atoms with van der Waals surface area (Å²) in [7, 11) is 1.87. The number of nitrogens with one attached hydrogen (secondary N) is 1. The van der Waals surface area contributed by atoms with Crippen molar-refractivity contribution >= 4 is 5.82 Å². The highest BCUT2D eigenvalue weighted by atomic mass is 19.4. The predicted molar refractivity (Wildman–Crippen MR) is 71.7 cm³/mol. The molecule has 1 saturated heterocycles. The van der Waals surface area contributed by atoms with Gasteiger partial charge in [-0.15, -0.1) is 0 Å². The van der Waals surface area contributed by atoms with Crippen LogP contribution in [0.25, 0.3) is 0 Å². The van der Waals surface area contributed by atoms with E-state index < -0.39 is 12.7 Å². The van der Waals surface area contributed by atoms with E-state index >= 15 is 0 Å². The van der Waals surface area contributed by atoms with Crippen LogP contribution in [0.3, 0.4) is 0 Å². The van der Waals surface area contributed by atoms with Crippen molar-refractivity contribution in [2.75, 3.05) is 44.7 Å². The van der Waals surface area contributed by atoms with E-state index in [1.165, 1.54) is 4.90 Å². The van der Waals surface area contributed by atoms with Gasteiger partial charge < -0.3 is 10.2 Å². The van der Waals surface area contributed by atoms with Crippen molar-refractivity contribution in [2.45, 2.75) is 12.7 Å². The van der Waals surface area contributed by atoms with Crippen LogP contribution < -0.4 is 10.2 Å². The minimum Gasteiger partial charge on any atom is -0.354 e. The molecule has 0 radical (unpaired) electrons. The normalized spacial score (nSPS) is 17.5.